The summed E-state index contributed by atoms with van der Waals surface area (Å²) < 4.78 is 13.2. The van der Waals surface area contributed by atoms with Crippen LogP contribution in [0.5, 0.6) is 0 Å². The van der Waals surface area contributed by atoms with E-state index in [0.29, 0.717) is 6.42 Å². The molecule has 0 saturated carbocycles. The van der Waals surface area contributed by atoms with E-state index in [2.05, 4.69) is 17.6 Å². The molecule has 1 heterocycles. The maximum atomic E-state index is 13.2. The van der Waals surface area contributed by atoms with E-state index in [9.17, 15) is 18.8 Å². The molecular formula is C18H23ClFN3O3. The van der Waals surface area contributed by atoms with Crippen LogP contribution in [-0.4, -0.2) is 34.8 Å². The van der Waals surface area contributed by atoms with E-state index < -0.39 is 35.7 Å². The normalized spacial score (nSPS) is 19.6. The number of benzene rings is 1. The van der Waals surface area contributed by atoms with E-state index in [-0.39, 0.29) is 10.7 Å². The minimum atomic E-state index is -0.982. The summed E-state index contributed by atoms with van der Waals surface area (Å²) in [5, 5.41) is 5.05. The van der Waals surface area contributed by atoms with E-state index in [1.165, 1.54) is 12.1 Å². The highest BCUT2D eigenvalue weighted by atomic mass is 35.5. The van der Waals surface area contributed by atoms with Crippen LogP contribution in [-0.2, 0) is 9.59 Å². The SMILES string of the molecule is CCCCCC[C@]1(C)NC(=O)N(CC(=O)Nc2ccc(F)c(Cl)c2)C1=O. The molecular weight excluding hydrogens is 361 g/mol. The quantitative estimate of drug-likeness (QED) is 0.530. The molecule has 1 aliphatic rings. The number of halogens is 2. The van der Waals surface area contributed by atoms with Crippen molar-refractivity contribution in [2.75, 3.05) is 11.9 Å². The standard InChI is InChI=1S/C18H23ClFN3O3/c1-3-4-5-6-9-18(2)16(25)23(17(26)22-18)11-15(24)21-12-7-8-14(20)13(19)10-12/h7-8,10H,3-6,9,11H2,1-2H3,(H,21,24)(H,22,26)/t18-/m0/s1. The fourth-order valence-electron chi connectivity index (χ4n) is 2.88. The van der Waals surface area contributed by atoms with Gasteiger partial charge in [0.1, 0.15) is 17.9 Å². The molecule has 1 saturated heterocycles. The molecule has 1 aliphatic heterocycles. The highest BCUT2D eigenvalue weighted by Gasteiger charge is 2.47. The number of hydrogen-bond acceptors (Lipinski definition) is 3. The number of nitrogens with zero attached hydrogens (tertiary/aromatic N) is 1. The number of imide groups is 1. The molecule has 0 unspecified atom stereocenters. The van der Waals surface area contributed by atoms with E-state index in [4.69, 9.17) is 11.6 Å². The van der Waals surface area contributed by atoms with Gasteiger partial charge in [0.05, 0.1) is 5.02 Å². The third kappa shape index (κ3) is 4.72. The number of urea groups is 1. The Morgan fingerprint density at radius 1 is 1.31 bits per heavy atom. The first-order chi connectivity index (χ1) is 12.3. The van der Waals surface area contributed by atoms with Crippen molar-refractivity contribution in [2.45, 2.75) is 51.5 Å². The van der Waals surface area contributed by atoms with Gasteiger partial charge in [-0.15, -0.1) is 0 Å². The lowest BCUT2D eigenvalue weighted by atomic mass is 9.94. The predicted octanol–water partition coefficient (Wildman–Crippen LogP) is 3.70. The van der Waals surface area contributed by atoms with Crippen molar-refractivity contribution in [2.24, 2.45) is 0 Å². The van der Waals surface area contributed by atoms with Crippen molar-refractivity contribution in [3.63, 3.8) is 0 Å². The first-order valence-electron chi connectivity index (χ1n) is 8.66. The van der Waals surface area contributed by atoms with E-state index in [0.717, 1.165) is 36.6 Å². The average Bonchev–Trinajstić information content (AvgIpc) is 2.79. The zero-order valence-electron chi connectivity index (χ0n) is 14.9. The van der Waals surface area contributed by atoms with Gasteiger partial charge in [-0.05, 0) is 31.5 Å². The molecule has 1 aromatic rings. The van der Waals surface area contributed by atoms with Gasteiger partial charge in [0.2, 0.25) is 5.91 Å². The lowest BCUT2D eigenvalue weighted by Gasteiger charge is -2.21. The zero-order valence-corrected chi connectivity index (χ0v) is 15.7. The zero-order chi connectivity index (χ0) is 19.3. The van der Waals surface area contributed by atoms with Crippen LogP contribution in [0.3, 0.4) is 0 Å². The van der Waals surface area contributed by atoms with Crippen LogP contribution in [0.25, 0.3) is 0 Å². The summed E-state index contributed by atoms with van der Waals surface area (Å²) in [5.41, 5.74) is -0.694. The van der Waals surface area contributed by atoms with Gasteiger partial charge >= 0.3 is 6.03 Å². The Bertz CT molecular complexity index is 713. The lowest BCUT2D eigenvalue weighted by Crippen LogP contribution is -2.44. The summed E-state index contributed by atoms with van der Waals surface area (Å²) in [6.07, 6.45) is 4.50. The molecule has 1 atom stereocenters. The number of unbranched alkanes of at least 4 members (excludes halogenated alkanes) is 3. The number of amides is 4. The van der Waals surface area contributed by atoms with Crippen LogP contribution < -0.4 is 10.6 Å². The van der Waals surface area contributed by atoms with Crippen molar-refractivity contribution in [1.82, 2.24) is 10.2 Å². The fourth-order valence-corrected chi connectivity index (χ4v) is 3.06. The monoisotopic (exact) mass is 383 g/mol. The Hall–Kier alpha value is -2.15. The summed E-state index contributed by atoms with van der Waals surface area (Å²) in [5.74, 6) is -1.57. The topological polar surface area (TPSA) is 78.5 Å². The van der Waals surface area contributed by atoms with Gasteiger partial charge in [0.15, 0.2) is 0 Å². The average molecular weight is 384 g/mol. The number of nitrogens with one attached hydrogen (secondary N) is 2. The smallest absolute Gasteiger partial charge is 0.324 e. The minimum absolute atomic E-state index is 0.127. The Labute approximate surface area is 157 Å². The molecule has 142 valence electrons. The molecule has 0 bridgehead atoms. The number of rotatable bonds is 8. The van der Waals surface area contributed by atoms with E-state index in [1.54, 1.807) is 6.92 Å². The van der Waals surface area contributed by atoms with Crippen LogP contribution >= 0.6 is 11.6 Å². The highest BCUT2D eigenvalue weighted by molar-refractivity contribution is 6.31. The molecule has 0 aromatic heterocycles. The van der Waals surface area contributed by atoms with Gasteiger partial charge < -0.3 is 10.6 Å². The summed E-state index contributed by atoms with van der Waals surface area (Å²) in [6.45, 7) is 3.36. The highest BCUT2D eigenvalue weighted by Crippen LogP contribution is 2.24. The van der Waals surface area contributed by atoms with Crippen LogP contribution in [0.2, 0.25) is 5.02 Å². The molecule has 0 spiro atoms. The molecule has 2 rings (SSSR count). The van der Waals surface area contributed by atoms with Crippen molar-refractivity contribution >= 4 is 35.1 Å². The third-order valence-electron chi connectivity index (χ3n) is 4.38. The second-order valence-corrected chi connectivity index (χ2v) is 7.05. The summed E-state index contributed by atoms with van der Waals surface area (Å²) in [6, 6.07) is 3.15. The lowest BCUT2D eigenvalue weighted by molar-refractivity contribution is -0.133. The van der Waals surface area contributed by atoms with Gasteiger partial charge in [0.25, 0.3) is 5.91 Å². The Kier molecular flexibility index (Phi) is 6.58. The summed E-state index contributed by atoms with van der Waals surface area (Å²) in [7, 11) is 0. The Morgan fingerprint density at radius 3 is 2.69 bits per heavy atom. The van der Waals surface area contributed by atoms with Crippen molar-refractivity contribution < 1.29 is 18.8 Å². The van der Waals surface area contributed by atoms with Crippen LogP contribution in [0, 0.1) is 5.82 Å². The van der Waals surface area contributed by atoms with Gasteiger partial charge in [-0.1, -0.05) is 44.2 Å². The van der Waals surface area contributed by atoms with E-state index >= 15 is 0 Å². The summed E-state index contributed by atoms with van der Waals surface area (Å²) in [4.78, 5) is 37.7. The molecule has 1 fully saturated rings. The number of anilines is 1. The van der Waals surface area contributed by atoms with Gasteiger partial charge in [-0.3, -0.25) is 14.5 Å². The molecule has 0 radical (unpaired) electrons. The second kappa shape index (κ2) is 8.49. The second-order valence-electron chi connectivity index (χ2n) is 6.64. The third-order valence-corrected chi connectivity index (χ3v) is 4.67. The Morgan fingerprint density at radius 2 is 2.04 bits per heavy atom. The van der Waals surface area contributed by atoms with Crippen molar-refractivity contribution in [1.29, 1.82) is 0 Å². The largest absolute Gasteiger partial charge is 0.325 e. The van der Waals surface area contributed by atoms with E-state index in [1.807, 2.05) is 0 Å². The van der Waals surface area contributed by atoms with Gasteiger partial charge in [0, 0.05) is 5.69 Å². The first kappa shape index (κ1) is 20.2. The van der Waals surface area contributed by atoms with Crippen LogP contribution in [0.1, 0.15) is 46.0 Å². The maximum Gasteiger partial charge on any atom is 0.325 e. The molecule has 26 heavy (non-hydrogen) atoms. The van der Waals surface area contributed by atoms with Gasteiger partial charge in [-0.25, -0.2) is 9.18 Å². The predicted molar refractivity (Wildman–Crippen MR) is 97.4 cm³/mol. The van der Waals surface area contributed by atoms with Crippen LogP contribution in [0.15, 0.2) is 18.2 Å². The number of carbonyl (C=O) groups excluding carboxylic acids is 3. The van der Waals surface area contributed by atoms with Crippen molar-refractivity contribution in [3.05, 3.63) is 29.0 Å². The van der Waals surface area contributed by atoms with Crippen LogP contribution in [0.4, 0.5) is 14.9 Å². The molecule has 6 nitrogen and oxygen atoms in total. The minimum Gasteiger partial charge on any atom is -0.324 e. The Balaban J connectivity index is 1.95. The molecule has 2 N–H and O–H groups in total. The number of carbonyl (C=O) groups is 3. The summed E-state index contributed by atoms with van der Waals surface area (Å²) >= 11 is 5.67. The fraction of sp³-hybridized carbons (Fsp3) is 0.500. The molecule has 4 amide bonds. The van der Waals surface area contributed by atoms with Crippen molar-refractivity contribution in [3.8, 4) is 0 Å². The van der Waals surface area contributed by atoms with Gasteiger partial charge in [-0.2, -0.15) is 0 Å². The maximum absolute atomic E-state index is 13.2. The molecule has 1 aromatic carbocycles. The first-order valence-corrected chi connectivity index (χ1v) is 9.03. The molecule has 8 heteroatoms. The number of hydrogen-bond donors (Lipinski definition) is 2. The molecule has 0 aliphatic carbocycles.